The Morgan fingerprint density at radius 2 is 1.69 bits per heavy atom. The minimum Gasteiger partial charge on any atom is -0.355 e. The molecular weight excluding hydrogens is 441 g/mol. The lowest BCUT2D eigenvalue weighted by Crippen LogP contribution is -2.34. The molecule has 1 heterocycles. The molecule has 0 unspecified atom stereocenters. The van der Waals surface area contributed by atoms with Crippen LogP contribution < -0.4 is 10.2 Å². The van der Waals surface area contributed by atoms with E-state index in [1.807, 2.05) is 55.5 Å². The summed E-state index contributed by atoms with van der Waals surface area (Å²) in [6, 6.07) is 21.2. The van der Waals surface area contributed by atoms with Crippen LogP contribution in [0.3, 0.4) is 0 Å². The van der Waals surface area contributed by atoms with E-state index < -0.39 is 0 Å². The van der Waals surface area contributed by atoms with Crippen LogP contribution >= 0.6 is 0 Å². The van der Waals surface area contributed by atoms with Gasteiger partial charge in [-0.25, -0.2) is 4.39 Å². The molecule has 0 radical (unpaired) electrons. The van der Waals surface area contributed by atoms with E-state index in [2.05, 4.69) is 10.2 Å². The van der Waals surface area contributed by atoms with E-state index in [9.17, 15) is 14.0 Å². The molecule has 3 aromatic rings. The Balaban J connectivity index is 1.50. The van der Waals surface area contributed by atoms with E-state index in [4.69, 9.17) is 0 Å². The fraction of sp³-hybridized carbons (Fsp3) is 0.310. The van der Waals surface area contributed by atoms with Crippen molar-refractivity contribution in [1.29, 1.82) is 0 Å². The summed E-state index contributed by atoms with van der Waals surface area (Å²) < 4.78 is 13.5. The number of halogens is 1. The Morgan fingerprint density at radius 3 is 2.43 bits per heavy atom. The van der Waals surface area contributed by atoms with Gasteiger partial charge >= 0.3 is 0 Å². The fourth-order valence-corrected chi connectivity index (χ4v) is 4.45. The first-order valence-electron chi connectivity index (χ1n) is 12.2. The van der Waals surface area contributed by atoms with Crippen LogP contribution in [0.2, 0.25) is 0 Å². The van der Waals surface area contributed by atoms with Crippen LogP contribution in [0.4, 0.5) is 10.1 Å². The average molecular weight is 474 g/mol. The molecule has 182 valence electrons. The van der Waals surface area contributed by atoms with Crippen molar-refractivity contribution in [2.75, 3.05) is 31.1 Å². The highest BCUT2D eigenvalue weighted by Gasteiger charge is 2.20. The number of anilines is 1. The third kappa shape index (κ3) is 6.76. The van der Waals surface area contributed by atoms with Gasteiger partial charge in [-0.15, -0.1) is 0 Å². The van der Waals surface area contributed by atoms with Crippen molar-refractivity contribution in [3.05, 3.63) is 101 Å². The number of carbonyl (C=O) groups is 2. The molecule has 5 nitrogen and oxygen atoms in total. The third-order valence-electron chi connectivity index (χ3n) is 6.41. The molecule has 3 aromatic carbocycles. The van der Waals surface area contributed by atoms with Gasteiger partial charge in [0.2, 0.25) is 5.91 Å². The molecule has 35 heavy (non-hydrogen) atoms. The summed E-state index contributed by atoms with van der Waals surface area (Å²) >= 11 is 0. The lowest BCUT2D eigenvalue weighted by atomic mass is 10.1. The summed E-state index contributed by atoms with van der Waals surface area (Å²) in [4.78, 5) is 30.2. The lowest BCUT2D eigenvalue weighted by Gasteiger charge is -2.24. The summed E-state index contributed by atoms with van der Waals surface area (Å²) in [5, 5.41) is 3.01. The van der Waals surface area contributed by atoms with E-state index >= 15 is 0 Å². The fourth-order valence-electron chi connectivity index (χ4n) is 4.45. The molecule has 0 saturated carbocycles. The van der Waals surface area contributed by atoms with Crippen LogP contribution in [0.5, 0.6) is 0 Å². The molecule has 0 spiro atoms. The van der Waals surface area contributed by atoms with Crippen LogP contribution in [0.15, 0.2) is 72.8 Å². The molecule has 0 atom stereocenters. The van der Waals surface area contributed by atoms with Crippen molar-refractivity contribution < 1.29 is 14.0 Å². The van der Waals surface area contributed by atoms with Gasteiger partial charge in [-0.2, -0.15) is 0 Å². The SMILES string of the molecule is Cc1ccccc1C(=O)N(Cc1ccc(F)cc1)c1cccc(CC(=O)NCCN2CCCC2)c1. The maximum atomic E-state index is 13.6. The Morgan fingerprint density at radius 1 is 0.943 bits per heavy atom. The lowest BCUT2D eigenvalue weighted by molar-refractivity contribution is -0.120. The Bertz CT molecular complexity index is 1160. The molecule has 0 bridgehead atoms. The predicted octanol–water partition coefficient (Wildman–Crippen LogP) is 4.74. The largest absolute Gasteiger partial charge is 0.355 e. The molecular formula is C29H32FN3O2. The van der Waals surface area contributed by atoms with Crippen LogP contribution in [-0.2, 0) is 17.8 Å². The minimum absolute atomic E-state index is 0.0309. The molecule has 0 aliphatic carbocycles. The number of nitrogens with zero attached hydrogens (tertiary/aromatic N) is 2. The topological polar surface area (TPSA) is 52.7 Å². The average Bonchev–Trinajstić information content (AvgIpc) is 3.37. The smallest absolute Gasteiger partial charge is 0.258 e. The molecule has 1 fully saturated rings. The van der Waals surface area contributed by atoms with Gasteiger partial charge in [0.05, 0.1) is 13.0 Å². The summed E-state index contributed by atoms with van der Waals surface area (Å²) in [5.74, 6) is -0.487. The van der Waals surface area contributed by atoms with Crippen molar-refractivity contribution in [2.24, 2.45) is 0 Å². The number of rotatable bonds is 9. The summed E-state index contributed by atoms with van der Waals surface area (Å²) in [7, 11) is 0. The number of likely N-dealkylation sites (tertiary alicyclic amines) is 1. The number of nitrogens with one attached hydrogen (secondary N) is 1. The van der Waals surface area contributed by atoms with Crippen LogP contribution in [0.1, 0.15) is 39.9 Å². The van der Waals surface area contributed by atoms with Gasteiger partial charge < -0.3 is 15.1 Å². The standard InChI is InChI=1S/C29H32FN3O2/c1-22-7-2-3-10-27(22)29(35)33(21-23-11-13-25(30)14-12-23)26-9-6-8-24(19-26)20-28(34)31-15-18-32-16-4-5-17-32/h2-3,6-14,19H,4-5,15-18,20-21H2,1H3,(H,31,34). The van der Waals surface area contributed by atoms with Crippen molar-refractivity contribution in [3.63, 3.8) is 0 Å². The second-order valence-electron chi connectivity index (χ2n) is 9.08. The first-order valence-corrected chi connectivity index (χ1v) is 12.2. The first kappa shape index (κ1) is 24.6. The van der Waals surface area contributed by atoms with Crippen molar-refractivity contribution in [3.8, 4) is 0 Å². The molecule has 1 N–H and O–H groups in total. The van der Waals surface area contributed by atoms with Crippen molar-refractivity contribution >= 4 is 17.5 Å². The van der Waals surface area contributed by atoms with Gasteiger partial charge in [0.15, 0.2) is 0 Å². The molecule has 0 aromatic heterocycles. The number of benzene rings is 3. The zero-order valence-electron chi connectivity index (χ0n) is 20.2. The number of carbonyl (C=O) groups excluding carboxylic acids is 2. The number of amides is 2. The Kier molecular flexibility index (Phi) is 8.27. The highest BCUT2D eigenvalue weighted by Crippen LogP contribution is 2.23. The number of hydrogen-bond acceptors (Lipinski definition) is 3. The van der Waals surface area contributed by atoms with Crippen LogP contribution in [0.25, 0.3) is 0 Å². The Hall–Kier alpha value is -3.51. The van der Waals surface area contributed by atoms with Gasteiger partial charge in [0, 0.05) is 24.3 Å². The second kappa shape index (κ2) is 11.8. The van der Waals surface area contributed by atoms with Gasteiger partial charge in [0.1, 0.15) is 5.82 Å². The van der Waals surface area contributed by atoms with Crippen molar-refractivity contribution in [1.82, 2.24) is 10.2 Å². The summed E-state index contributed by atoms with van der Waals surface area (Å²) in [5.41, 5.74) is 3.85. The third-order valence-corrected chi connectivity index (χ3v) is 6.41. The molecule has 4 rings (SSSR count). The first-order chi connectivity index (χ1) is 17.0. The Labute approximate surface area is 206 Å². The zero-order chi connectivity index (χ0) is 24.6. The van der Waals surface area contributed by atoms with Gasteiger partial charge in [-0.3, -0.25) is 9.59 Å². The van der Waals surface area contributed by atoms with E-state index in [0.29, 0.717) is 24.3 Å². The van der Waals surface area contributed by atoms with Gasteiger partial charge in [-0.05, 0) is 79.9 Å². The normalized spacial score (nSPS) is 13.5. The summed E-state index contributed by atoms with van der Waals surface area (Å²) in [6.07, 6.45) is 2.71. The maximum Gasteiger partial charge on any atom is 0.258 e. The second-order valence-corrected chi connectivity index (χ2v) is 9.08. The molecule has 1 saturated heterocycles. The number of aryl methyl sites for hydroxylation is 1. The monoisotopic (exact) mass is 473 g/mol. The van der Waals surface area contributed by atoms with Gasteiger partial charge in [-0.1, -0.05) is 42.5 Å². The predicted molar refractivity (Wildman–Crippen MR) is 137 cm³/mol. The van der Waals surface area contributed by atoms with Crippen LogP contribution in [0, 0.1) is 12.7 Å². The van der Waals surface area contributed by atoms with E-state index in [1.165, 1.54) is 25.0 Å². The van der Waals surface area contributed by atoms with Crippen molar-refractivity contribution in [2.45, 2.75) is 32.7 Å². The van der Waals surface area contributed by atoms with E-state index in [-0.39, 0.29) is 24.1 Å². The maximum absolute atomic E-state index is 13.6. The zero-order valence-corrected chi connectivity index (χ0v) is 20.2. The molecule has 1 aliphatic rings. The quantitative estimate of drug-likeness (QED) is 0.489. The summed E-state index contributed by atoms with van der Waals surface area (Å²) in [6.45, 7) is 5.93. The minimum atomic E-state index is -0.316. The molecule has 6 heteroatoms. The van der Waals surface area contributed by atoms with E-state index in [1.54, 1.807) is 17.0 Å². The molecule has 2 amide bonds. The van der Waals surface area contributed by atoms with E-state index in [0.717, 1.165) is 36.3 Å². The highest BCUT2D eigenvalue weighted by molar-refractivity contribution is 6.07. The number of hydrogen-bond donors (Lipinski definition) is 1. The molecule has 1 aliphatic heterocycles. The van der Waals surface area contributed by atoms with Crippen LogP contribution in [-0.4, -0.2) is 42.9 Å². The highest BCUT2D eigenvalue weighted by atomic mass is 19.1. The van der Waals surface area contributed by atoms with Gasteiger partial charge in [0.25, 0.3) is 5.91 Å².